The van der Waals surface area contributed by atoms with E-state index in [9.17, 15) is 0 Å². The molecule has 2 aromatic heterocycles. The number of imidazole rings is 1. The Morgan fingerprint density at radius 1 is 1.26 bits per heavy atom. The molecule has 5 heteroatoms. The number of hydrogen-bond acceptors (Lipinski definition) is 3. The maximum absolute atomic E-state index is 6.27. The molecule has 1 aromatic carbocycles. The van der Waals surface area contributed by atoms with E-state index in [4.69, 9.17) is 16.3 Å². The van der Waals surface area contributed by atoms with Gasteiger partial charge >= 0.3 is 0 Å². The monoisotopic (exact) mass is 346 g/mol. The fourth-order valence-electron chi connectivity index (χ4n) is 2.47. The molecule has 0 amide bonds. The molecule has 1 atom stereocenters. The summed E-state index contributed by atoms with van der Waals surface area (Å²) in [6, 6.07) is 12.2. The molecule has 1 unspecified atom stereocenters. The van der Waals surface area contributed by atoms with Crippen LogP contribution in [0.2, 0.25) is 4.34 Å². The molecule has 0 saturated heterocycles. The molecule has 0 spiro atoms. The molecule has 3 rings (SSSR count). The van der Waals surface area contributed by atoms with Crippen molar-refractivity contribution in [3.8, 4) is 5.75 Å². The number of aryl methyl sites for hydroxylation is 2. The zero-order valence-electron chi connectivity index (χ0n) is 13.0. The lowest BCUT2D eigenvalue weighted by Crippen LogP contribution is -2.23. The molecule has 3 aromatic rings. The standard InChI is InChI=1S/C18H19ClN2OS/c1-14-4-2-3-5-17(14)22-15(12-21-11-10-20-13-21)6-7-16-8-9-18(19)23-16/h2-5,8-11,13,15H,6-7,12H2,1H3. The Balaban J connectivity index is 1.69. The summed E-state index contributed by atoms with van der Waals surface area (Å²) in [7, 11) is 0. The largest absolute Gasteiger partial charge is 0.488 e. The molecule has 0 aliphatic rings. The quantitative estimate of drug-likeness (QED) is 0.602. The molecule has 0 bridgehead atoms. The second kappa shape index (κ2) is 7.66. The maximum atomic E-state index is 6.27. The Kier molecular flexibility index (Phi) is 5.36. The summed E-state index contributed by atoms with van der Waals surface area (Å²) in [6.45, 7) is 2.86. The van der Waals surface area contributed by atoms with Crippen molar-refractivity contribution in [2.45, 2.75) is 32.4 Å². The van der Waals surface area contributed by atoms with E-state index in [0.717, 1.165) is 35.0 Å². The molecule has 120 valence electrons. The van der Waals surface area contributed by atoms with Crippen LogP contribution in [0.15, 0.2) is 55.1 Å². The summed E-state index contributed by atoms with van der Waals surface area (Å²) >= 11 is 7.65. The predicted molar refractivity (Wildman–Crippen MR) is 95.5 cm³/mol. The number of nitrogens with zero attached hydrogens (tertiary/aromatic N) is 2. The summed E-state index contributed by atoms with van der Waals surface area (Å²) in [5.41, 5.74) is 1.15. The molecule has 3 nitrogen and oxygen atoms in total. The van der Waals surface area contributed by atoms with E-state index >= 15 is 0 Å². The number of rotatable bonds is 7. The average molecular weight is 347 g/mol. The van der Waals surface area contributed by atoms with Gasteiger partial charge in [0.05, 0.1) is 17.2 Å². The molecule has 0 N–H and O–H groups in total. The van der Waals surface area contributed by atoms with Gasteiger partial charge < -0.3 is 9.30 Å². The van der Waals surface area contributed by atoms with E-state index in [1.807, 2.05) is 36.8 Å². The van der Waals surface area contributed by atoms with Gasteiger partial charge in [-0.15, -0.1) is 11.3 Å². The highest BCUT2D eigenvalue weighted by Crippen LogP contribution is 2.25. The zero-order chi connectivity index (χ0) is 16.1. The van der Waals surface area contributed by atoms with Crippen LogP contribution in [0.3, 0.4) is 0 Å². The number of ether oxygens (including phenoxy) is 1. The molecule has 0 aliphatic heterocycles. The first-order valence-corrected chi connectivity index (χ1v) is 8.82. The van der Waals surface area contributed by atoms with E-state index in [1.54, 1.807) is 17.5 Å². The highest BCUT2D eigenvalue weighted by molar-refractivity contribution is 7.16. The van der Waals surface area contributed by atoms with Crippen LogP contribution >= 0.6 is 22.9 Å². The van der Waals surface area contributed by atoms with E-state index in [1.165, 1.54) is 4.88 Å². The van der Waals surface area contributed by atoms with E-state index in [-0.39, 0.29) is 6.10 Å². The molecule has 2 heterocycles. The van der Waals surface area contributed by atoms with Crippen LogP contribution in [0.1, 0.15) is 16.9 Å². The van der Waals surface area contributed by atoms with Crippen molar-refractivity contribution in [3.05, 3.63) is 69.9 Å². The van der Waals surface area contributed by atoms with Gasteiger partial charge in [0.1, 0.15) is 11.9 Å². The average Bonchev–Trinajstić information content (AvgIpc) is 3.19. The fourth-order valence-corrected chi connectivity index (χ4v) is 3.58. The van der Waals surface area contributed by atoms with Crippen molar-refractivity contribution in [2.75, 3.05) is 0 Å². The minimum atomic E-state index is 0.0891. The summed E-state index contributed by atoms with van der Waals surface area (Å²) in [5, 5.41) is 0. The van der Waals surface area contributed by atoms with Gasteiger partial charge in [-0.1, -0.05) is 29.8 Å². The molecule has 23 heavy (non-hydrogen) atoms. The van der Waals surface area contributed by atoms with Crippen LogP contribution in [0.4, 0.5) is 0 Å². The molecule has 0 saturated carbocycles. The van der Waals surface area contributed by atoms with E-state index in [0.29, 0.717) is 0 Å². The van der Waals surface area contributed by atoms with Crippen molar-refractivity contribution in [1.29, 1.82) is 0 Å². The Hall–Kier alpha value is -1.78. The summed E-state index contributed by atoms with van der Waals surface area (Å²) in [5.74, 6) is 0.946. The topological polar surface area (TPSA) is 27.1 Å². The third-order valence-electron chi connectivity index (χ3n) is 3.70. The van der Waals surface area contributed by atoms with E-state index < -0.39 is 0 Å². The van der Waals surface area contributed by atoms with Crippen molar-refractivity contribution < 1.29 is 4.74 Å². The number of para-hydroxylation sites is 1. The third-order valence-corrected chi connectivity index (χ3v) is 4.99. The first-order valence-electron chi connectivity index (χ1n) is 7.63. The number of halogens is 1. The van der Waals surface area contributed by atoms with Gasteiger partial charge in [0.2, 0.25) is 0 Å². The first-order chi connectivity index (χ1) is 11.2. The summed E-state index contributed by atoms with van der Waals surface area (Å²) < 4.78 is 9.17. The smallest absolute Gasteiger partial charge is 0.122 e. The predicted octanol–water partition coefficient (Wildman–Crippen LogP) is 4.99. The normalized spacial score (nSPS) is 12.3. The van der Waals surface area contributed by atoms with Crippen molar-refractivity contribution in [3.63, 3.8) is 0 Å². The van der Waals surface area contributed by atoms with Crippen LogP contribution < -0.4 is 4.74 Å². The van der Waals surface area contributed by atoms with Crippen LogP contribution in [-0.2, 0) is 13.0 Å². The van der Waals surface area contributed by atoms with Gasteiger partial charge in [-0.3, -0.25) is 0 Å². The number of aromatic nitrogens is 2. The first kappa shape index (κ1) is 16.1. The van der Waals surface area contributed by atoms with Crippen molar-refractivity contribution in [2.24, 2.45) is 0 Å². The van der Waals surface area contributed by atoms with Crippen LogP contribution in [0.25, 0.3) is 0 Å². The molecular formula is C18H19ClN2OS. The molecule has 0 radical (unpaired) electrons. The van der Waals surface area contributed by atoms with Crippen molar-refractivity contribution >= 4 is 22.9 Å². The third kappa shape index (κ3) is 4.60. The maximum Gasteiger partial charge on any atom is 0.122 e. The van der Waals surface area contributed by atoms with Crippen LogP contribution in [0.5, 0.6) is 5.75 Å². The van der Waals surface area contributed by atoms with Crippen molar-refractivity contribution in [1.82, 2.24) is 9.55 Å². The van der Waals surface area contributed by atoms with E-state index in [2.05, 4.69) is 28.6 Å². The fraction of sp³-hybridized carbons (Fsp3) is 0.278. The molecule has 0 aliphatic carbocycles. The lowest BCUT2D eigenvalue weighted by atomic mass is 10.1. The Morgan fingerprint density at radius 3 is 2.83 bits per heavy atom. The van der Waals surface area contributed by atoms with Gasteiger partial charge in [0, 0.05) is 17.3 Å². The minimum Gasteiger partial charge on any atom is -0.488 e. The Bertz CT molecular complexity index is 739. The van der Waals surface area contributed by atoms with Gasteiger partial charge in [-0.05, 0) is 43.5 Å². The second-order valence-electron chi connectivity index (χ2n) is 5.51. The lowest BCUT2D eigenvalue weighted by molar-refractivity contribution is 0.169. The van der Waals surface area contributed by atoms with Gasteiger partial charge in [0.25, 0.3) is 0 Å². The number of hydrogen-bond donors (Lipinski definition) is 0. The molecule has 0 fully saturated rings. The minimum absolute atomic E-state index is 0.0891. The highest BCUT2D eigenvalue weighted by Gasteiger charge is 2.14. The Morgan fingerprint density at radius 2 is 2.13 bits per heavy atom. The Labute approximate surface area is 145 Å². The van der Waals surface area contributed by atoms with Gasteiger partial charge in [-0.25, -0.2) is 4.98 Å². The highest BCUT2D eigenvalue weighted by atomic mass is 35.5. The number of thiophene rings is 1. The molecular weight excluding hydrogens is 328 g/mol. The zero-order valence-corrected chi connectivity index (χ0v) is 14.6. The second-order valence-corrected chi connectivity index (χ2v) is 7.31. The van der Waals surface area contributed by atoms with Gasteiger partial charge in [-0.2, -0.15) is 0 Å². The SMILES string of the molecule is Cc1ccccc1OC(CCc1ccc(Cl)s1)Cn1ccnc1. The number of benzene rings is 1. The summed E-state index contributed by atoms with van der Waals surface area (Å²) in [4.78, 5) is 5.40. The lowest BCUT2D eigenvalue weighted by Gasteiger charge is -2.20. The van der Waals surface area contributed by atoms with Crippen LogP contribution in [-0.4, -0.2) is 15.7 Å². The van der Waals surface area contributed by atoms with Gasteiger partial charge in [0.15, 0.2) is 0 Å². The van der Waals surface area contributed by atoms with Crippen LogP contribution in [0, 0.1) is 6.92 Å². The summed E-state index contributed by atoms with van der Waals surface area (Å²) in [6.07, 6.45) is 7.58.